The fourth-order valence-corrected chi connectivity index (χ4v) is 3.28. The van der Waals surface area contributed by atoms with Gasteiger partial charge in [-0.1, -0.05) is 19.8 Å². The lowest BCUT2D eigenvalue weighted by atomic mass is 9.95. The van der Waals surface area contributed by atoms with E-state index in [2.05, 4.69) is 22.3 Å². The van der Waals surface area contributed by atoms with E-state index in [-0.39, 0.29) is 5.97 Å². The lowest BCUT2D eigenvalue weighted by Gasteiger charge is -2.29. The minimum absolute atomic E-state index is 0.370. The largest absolute Gasteiger partial charge is 0.497 e. The number of carbonyl (C=O) groups is 1. The van der Waals surface area contributed by atoms with Crippen LogP contribution in [0.3, 0.4) is 0 Å². The van der Waals surface area contributed by atoms with Gasteiger partial charge in [0.05, 0.1) is 26.4 Å². The summed E-state index contributed by atoms with van der Waals surface area (Å²) < 4.78 is 18.1. The molecule has 3 rings (SSSR count). The van der Waals surface area contributed by atoms with Crippen LogP contribution in [0.1, 0.15) is 44.7 Å². The van der Waals surface area contributed by atoms with Crippen molar-refractivity contribution in [2.24, 2.45) is 0 Å². The van der Waals surface area contributed by atoms with Crippen molar-refractivity contribution in [1.82, 2.24) is 14.8 Å². The van der Waals surface area contributed by atoms with Crippen molar-refractivity contribution in [3.05, 3.63) is 41.4 Å². The van der Waals surface area contributed by atoms with Gasteiger partial charge >= 0.3 is 5.97 Å². The zero-order valence-electron chi connectivity index (χ0n) is 16.7. The summed E-state index contributed by atoms with van der Waals surface area (Å²) >= 11 is 0. The topological polar surface area (TPSA) is 87.5 Å². The Morgan fingerprint density at radius 1 is 1.25 bits per heavy atom. The maximum Gasteiger partial charge on any atom is 0.338 e. The van der Waals surface area contributed by atoms with E-state index >= 15 is 0 Å². The number of rotatable bonds is 8. The van der Waals surface area contributed by atoms with Gasteiger partial charge in [0.1, 0.15) is 23.9 Å². The Labute approximate surface area is 164 Å². The Balaban J connectivity index is 2.01. The van der Waals surface area contributed by atoms with Gasteiger partial charge in [0.25, 0.3) is 0 Å². The Hall–Kier alpha value is -3.03. The van der Waals surface area contributed by atoms with Crippen LogP contribution in [0.15, 0.2) is 35.8 Å². The standard InChI is InChI=1S/C20H26N4O4/c1-5-6-7-10-28-19(25)17-13(2)23-20-21-12-22-24(20)18(17)15-9-8-14(26-3)11-16(15)27-4/h8-9,11-12,18H,5-7,10H2,1-4H3,(H,21,22,23)/t18-/m0/s1. The lowest BCUT2D eigenvalue weighted by molar-refractivity contribution is -0.139. The van der Waals surface area contributed by atoms with Crippen LogP contribution in [-0.2, 0) is 9.53 Å². The average molecular weight is 386 g/mol. The highest BCUT2D eigenvalue weighted by molar-refractivity contribution is 5.92. The maximum atomic E-state index is 13.0. The summed E-state index contributed by atoms with van der Waals surface area (Å²) in [7, 11) is 3.18. The van der Waals surface area contributed by atoms with Crippen LogP contribution in [0.4, 0.5) is 5.95 Å². The number of anilines is 1. The highest BCUT2D eigenvalue weighted by atomic mass is 16.5. The van der Waals surface area contributed by atoms with Gasteiger partial charge in [-0.3, -0.25) is 0 Å². The van der Waals surface area contributed by atoms with Crippen LogP contribution in [0.2, 0.25) is 0 Å². The Bertz CT molecular complexity index is 875. The summed E-state index contributed by atoms with van der Waals surface area (Å²) in [6.45, 7) is 4.34. The van der Waals surface area contributed by atoms with Crippen molar-refractivity contribution in [3.8, 4) is 11.5 Å². The molecule has 0 bridgehead atoms. The normalized spacial score (nSPS) is 15.6. The number of ether oxygens (including phenoxy) is 3. The van der Waals surface area contributed by atoms with Gasteiger partial charge < -0.3 is 19.5 Å². The quantitative estimate of drug-likeness (QED) is 0.550. The van der Waals surface area contributed by atoms with Gasteiger partial charge in [-0.15, -0.1) is 0 Å². The number of hydrogen-bond acceptors (Lipinski definition) is 7. The zero-order chi connectivity index (χ0) is 20.1. The highest BCUT2D eigenvalue weighted by Crippen LogP contribution is 2.40. The van der Waals surface area contributed by atoms with E-state index < -0.39 is 6.04 Å². The number of carbonyl (C=O) groups excluding carboxylic acids is 1. The van der Waals surface area contributed by atoms with Gasteiger partial charge in [-0.2, -0.15) is 10.1 Å². The number of nitrogens with zero attached hydrogens (tertiary/aromatic N) is 3. The molecule has 1 aliphatic heterocycles. The first-order valence-corrected chi connectivity index (χ1v) is 9.37. The predicted octanol–water partition coefficient (Wildman–Crippen LogP) is 3.32. The second-order valence-corrected chi connectivity index (χ2v) is 6.55. The number of aromatic nitrogens is 3. The molecule has 1 aromatic heterocycles. The van der Waals surface area contributed by atoms with Gasteiger partial charge in [0.2, 0.25) is 5.95 Å². The predicted molar refractivity (Wildman–Crippen MR) is 105 cm³/mol. The third-order valence-corrected chi connectivity index (χ3v) is 4.73. The summed E-state index contributed by atoms with van der Waals surface area (Å²) in [5.41, 5.74) is 1.94. The van der Waals surface area contributed by atoms with Crippen LogP contribution in [-0.4, -0.2) is 41.6 Å². The van der Waals surface area contributed by atoms with Crippen LogP contribution in [0.5, 0.6) is 11.5 Å². The molecule has 0 unspecified atom stereocenters. The first kappa shape index (κ1) is 19.7. The molecule has 0 aliphatic carbocycles. The molecule has 0 spiro atoms. The first-order valence-electron chi connectivity index (χ1n) is 9.37. The van der Waals surface area contributed by atoms with Crippen molar-refractivity contribution >= 4 is 11.9 Å². The van der Waals surface area contributed by atoms with Gasteiger partial charge in [-0.25, -0.2) is 9.48 Å². The molecule has 0 saturated carbocycles. The van der Waals surface area contributed by atoms with Gasteiger partial charge in [0.15, 0.2) is 0 Å². The smallest absolute Gasteiger partial charge is 0.338 e. The Morgan fingerprint density at radius 2 is 2.07 bits per heavy atom. The molecule has 8 heteroatoms. The Morgan fingerprint density at radius 3 is 2.79 bits per heavy atom. The molecule has 0 radical (unpaired) electrons. The molecule has 28 heavy (non-hydrogen) atoms. The van der Waals surface area contributed by atoms with E-state index in [9.17, 15) is 4.79 Å². The number of esters is 1. The molecule has 2 heterocycles. The van der Waals surface area contributed by atoms with E-state index in [1.807, 2.05) is 19.1 Å². The molecule has 1 atom stereocenters. The number of benzene rings is 1. The van der Waals surface area contributed by atoms with Crippen molar-refractivity contribution in [2.45, 2.75) is 39.2 Å². The molecule has 0 amide bonds. The molecule has 0 fully saturated rings. The minimum atomic E-state index is -0.515. The summed E-state index contributed by atoms with van der Waals surface area (Å²) in [5, 5.41) is 7.46. The monoisotopic (exact) mass is 386 g/mol. The van der Waals surface area contributed by atoms with E-state index in [0.717, 1.165) is 24.8 Å². The van der Waals surface area contributed by atoms with E-state index in [4.69, 9.17) is 14.2 Å². The van der Waals surface area contributed by atoms with E-state index in [1.54, 1.807) is 25.0 Å². The fraction of sp³-hybridized carbons (Fsp3) is 0.450. The summed E-state index contributed by atoms with van der Waals surface area (Å²) in [6.07, 6.45) is 4.38. The van der Waals surface area contributed by atoms with Crippen molar-refractivity contribution < 1.29 is 19.0 Å². The minimum Gasteiger partial charge on any atom is -0.497 e. The SMILES string of the molecule is CCCCCOC(=O)C1=C(C)Nc2ncnn2[C@H]1c1ccc(OC)cc1OC. The molecular formula is C20H26N4O4. The lowest BCUT2D eigenvalue weighted by Crippen LogP contribution is -2.30. The molecule has 150 valence electrons. The number of hydrogen-bond donors (Lipinski definition) is 1. The second-order valence-electron chi connectivity index (χ2n) is 6.55. The van der Waals surface area contributed by atoms with Crippen LogP contribution in [0, 0.1) is 0 Å². The van der Waals surface area contributed by atoms with Crippen LogP contribution < -0.4 is 14.8 Å². The fourth-order valence-electron chi connectivity index (χ4n) is 3.28. The number of nitrogens with one attached hydrogen (secondary N) is 1. The number of allylic oxidation sites excluding steroid dienone is 1. The molecule has 2 aromatic rings. The van der Waals surface area contributed by atoms with Crippen LogP contribution >= 0.6 is 0 Å². The molecule has 1 N–H and O–H groups in total. The van der Waals surface area contributed by atoms with E-state index in [1.165, 1.54) is 6.33 Å². The summed E-state index contributed by atoms with van der Waals surface area (Å²) in [5.74, 6) is 1.45. The number of methoxy groups -OCH3 is 2. The second kappa shape index (κ2) is 8.77. The molecular weight excluding hydrogens is 360 g/mol. The Kier molecular flexibility index (Phi) is 6.18. The molecule has 1 aliphatic rings. The maximum absolute atomic E-state index is 13.0. The van der Waals surface area contributed by atoms with E-state index in [0.29, 0.717) is 35.3 Å². The molecule has 0 saturated heterocycles. The first-order chi connectivity index (χ1) is 13.6. The van der Waals surface area contributed by atoms with Crippen molar-refractivity contribution in [1.29, 1.82) is 0 Å². The third-order valence-electron chi connectivity index (χ3n) is 4.73. The summed E-state index contributed by atoms with van der Waals surface area (Å²) in [6, 6.07) is 4.97. The average Bonchev–Trinajstić information content (AvgIpc) is 3.17. The van der Waals surface area contributed by atoms with Gasteiger partial charge in [-0.05, 0) is 25.5 Å². The number of fused-ring (bicyclic) bond motifs is 1. The molecule has 8 nitrogen and oxygen atoms in total. The summed E-state index contributed by atoms with van der Waals surface area (Å²) in [4.78, 5) is 17.2. The zero-order valence-corrected chi connectivity index (χ0v) is 16.7. The highest BCUT2D eigenvalue weighted by Gasteiger charge is 2.36. The van der Waals surface area contributed by atoms with Crippen LogP contribution in [0.25, 0.3) is 0 Å². The van der Waals surface area contributed by atoms with Crippen molar-refractivity contribution in [2.75, 3.05) is 26.1 Å². The van der Waals surface area contributed by atoms with Crippen molar-refractivity contribution in [3.63, 3.8) is 0 Å². The molecule has 1 aromatic carbocycles. The van der Waals surface area contributed by atoms with Gasteiger partial charge in [0, 0.05) is 17.3 Å². The third kappa shape index (κ3) is 3.81. The number of unbranched alkanes of at least 4 members (excludes halogenated alkanes) is 2.